The predicted molar refractivity (Wildman–Crippen MR) is 120 cm³/mol. The summed E-state index contributed by atoms with van der Waals surface area (Å²) in [5.74, 6) is 0.195. The largest absolute Gasteiger partial charge is 0.354 e. The second-order valence-corrected chi connectivity index (χ2v) is 7.96. The number of likely N-dealkylation sites (tertiary alicyclic amines) is 1. The molecule has 1 fully saturated rings. The molecule has 0 spiro atoms. The van der Waals surface area contributed by atoms with Crippen molar-refractivity contribution in [2.24, 2.45) is 5.92 Å². The van der Waals surface area contributed by atoms with E-state index in [4.69, 9.17) is 0 Å². The van der Waals surface area contributed by atoms with Gasteiger partial charge in [0.15, 0.2) is 5.65 Å². The highest BCUT2D eigenvalue weighted by molar-refractivity contribution is 6.07. The fourth-order valence-electron chi connectivity index (χ4n) is 3.88. The summed E-state index contributed by atoms with van der Waals surface area (Å²) < 4.78 is 13.7. The molecular weight excluding hydrogens is 403 g/mol. The van der Waals surface area contributed by atoms with Crippen molar-refractivity contribution in [3.8, 4) is 0 Å². The first-order valence-electron chi connectivity index (χ1n) is 10.0. The number of halogens is 2. The van der Waals surface area contributed by atoms with Gasteiger partial charge in [0.1, 0.15) is 5.82 Å². The smallest absolute Gasteiger partial charge is 0.257 e. The number of aromatic nitrogens is 2. The molecule has 5 nitrogen and oxygen atoms in total. The number of piperidine rings is 1. The van der Waals surface area contributed by atoms with Gasteiger partial charge >= 0.3 is 0 Å². The van der Waals surface area contributed by atoms with E-state index < -0.39 is 0 Å². The lowest BCUT2D eigenvalue weighted by Gasteiger charge is -2.31. The maximum atomic E-state index is 13.7. The van der Waals surface area contributed by atoms with Crippen LogP contribution >= 0.6 is 12.4 Å². The van der Waals surface area contributed by atoms with Crippen molar-refractivity contribution in [3.05, 3.63) is 59.2 Å². The second-order valence-electron chi connectivity index (χ2n) is 7.96. The molecular formula is C23H26ClFN4O. The lowest BCUT2D eigenvalue weighted by molar-refractivity contribution is 0.0684. The highest BCUT2D eigenvalue weighted by Crippen LogP contribution is 2.31. The number of benzene rings is 1. The summed E-state index contributed by atoms with van der Waals surface area (Å²) >= 11 is 0. The Morgan fingerprint density at radius 2 is 2.03 bits per heavy atom. The van der Waals surface area contributed by atoms with Crippen LogP contribution in [0.5, 0.6) is 0 Å². The van der Waals surface area contributed by atoms with Crippen molar-refractivity contribution in [1.82, 2.24) is 14.9 Å². The monoisotopic (exact) mass is 428 g/mol. The normalized spacial score (nSPS) is 16.3. The third-order valence-electron chi connectivity index (χ3n) is 5.47. The maximum absolute atomic E-state index is 13.7. The molecule has 3 heterocycles. The Morgan fingerprint density at radius 3 is 2.77 bits per heavy atom. The minimum atomic E-state index is -0.258. The van der Waals surface area contributed by atoms with Crippen molar-refractivity contribution < 1.29 is 9.18 Å². The molecule has 30 heavy (non-hydrogen) atoms. The molecule has 1 aromatic carbocycles. The van der Waals surface area contributed by atoms with Crippen LogP contribution in [0.1, 0.15) is 41.4 Å². The number of carbonyl (C=O) groups excluding carboxylic acids is 1. The van der Waals surface area contributed by atoms with Gasteiger partial charge in [0.25, 0.3) is 5.91 Å². The predicted octanol–water partition coefficient (Wildman–Crippen LogP) is 5.42. The number of hydrogen-bond acceptors (Lipinski definition) is 4. The quantitative estimate of drug-likeness (QED) is 0.604. The van der Waals surface area contributed by atoms with E-state index in [1.165, 1.54) is 6.07 Å². The summed E-state index contributed by atoms with van der Waals surface area (Å²) in [6, 6.07) is 8.67. The number of fused-ring (bicyclic) bond motifs is 1. The van der Waals surface area contributed by atoms with E-state index in [-0.39, 0.29) is 24.1 Å². The number of carbonyl (C=O) groups is 1. The zero-order valence-corrected chi connectivity index (χ0v) is 18.2. The van der Waals surface area contributed by atoms with Crippen molar-refractivity contribution >= 4 is 40.7 Å². The van der Waals surface area contributed by atoms with Crippen LogP contribution in [-0.2, 0) is 0 Å². The zero-order chi connectivity index (χ0) is 20.5. The Labute approximate surface area is 182 Å². The minimum absolute atomic E-state index is 0. The summed E-state index contributed by atoms with van der Waals surface area (Å²) in [5.41, 5.74) is 3.88. The Bertz CT molecular complexity index is 1090. The SMILES string of the molecule is Cc1ccc2c(Nc3ccc(F)c(C)c3)c(C(=O)N3CCCC(C)C3)cnc2n1.Cl. The van der Waals surface area contributed by atoms with Gasteiger partial charge in [-0.3, -0.25) is 4.79 Å². The third kappa shape index (κ3) is 4.38. The summed E-state index contributed by atoms with van der Waals surface area (Å²) in [7, 11) is 0. The number of amides is 1. The first-order chi connectivity index (χ1) is 13.9. The van der Waals surface area contributed by atoms with Gasteiger partial charge in [0, 0.05) is 36.1 Å². The average Bonchev–Trinajstić information content (AvgIpc) is 2.70. The van der Waals surface area contributed by atoms with Crippen LogP contribution in [0, 0.1) is 25.6 Å². The van der Waals surface area contributed by atoms with Crippen LogP contribution < -0.4 is 5.32 Å². The molecule has 2 aromatic heterocycles. The zero-order valence-electron chi connectivity index (χ0n) is 17.4. The molecule has 3 aromatic rings. The van der Waals surface area contributed by atoms with Crippen LogP contribution in [0.3, 0.4) is 0 Å². The van der Waals surface area contributed by atoms with Crippen LogP contribution in [0.2, 0.25) is 0 Å². The molecule has 1 aliphatic heterocycles. The van der Waals surface area contributed by atoms with Gasteiger partial charge in [-0.05, 0) is 68.5 Å². The molecule has 0 radical (unpaired) electrons. The van der Waals surface area contributed by atoms with Crippen molar-refractivity contribution in [2.75, 3.05) is 18.4 Å². The number of nitrogens with one attached hydrogen (secondary N) is 1. The van der Waals surface area contributed by atoms with E-state index >= 15 is 0 Å². The third-order valence-corrected chi connectivity index (χ3v) is 5.47. The Hall–Kier alpha value is -2.73. The highest BCUT2D eigenvalue weighted by Gasteiger charge is 2.25. The molecule has 7 heteroatoms. The molecule has 1 saturated heterocycles. The van der Waals surface area contributed by atoms with E-state index in [1.807, 2.05) is 24.0 Å². The van der Waals surface area contributed by atoms with E-state index in [0.29, 0.717) is 28.4 Å². The van der Waals surface area contributed by atoms with E-state index in [1.54, 1.807) is 25.3 Å². The molecule has 1 amide bonds. The van der Waals surface area contributed by atoms with Crippen molar-refractivity contribution in [3.63, 3.8) is 0 Å². The van der Waals surface area contributed by atoms with E-state index in [2.05, 4.69) is 22.2 Å². The highest BCUT2D eigenvalue weighted by atomic mass is 35.5. The molecule has 1 atom stereocenters. The van der Waals surface area contributed by atoms with Crippen molar-refractivity contribution in [1.29, 1.82) is 0 Å². The molecule has 1 aliphatic rings. The molecule has 0 aliphatic carbocycles. The molecule has 1 N–H and O–H groups in total. The lowest BCUT2D eigenvalue weighted by atomic mass is 9.99. The number of hydrogen-bond donors (Lipinski definition) is 1. The average molecular weight is 429 g/mol. The summed E-state index contributed by atoms with van der Waals surface area (Å²) in [4.78, 5) is 24.2. The Kier molecular flexibility index (Phi) is 6.56. The van der Waals surface area contributed by atoms with E-state index in [0.717, 1.165) is 42.7 Å². The van der Waals surface area contributed by atoms with Gasteiger partial charge in [0.2, 0.25) is 0 Å². The first kappa shape index (κ1) is 22.0. The standard InChI is InChI=1S/C23H25FN4O.ClH/c1-14-5-4-10-28(13-14)23(29)19-12-25-22-18(8-6-16(3)26-22)21(19)27-17-7-9-20(24)15(2)11-17;/h6-9,11-12,14H,4-5,10,13H2,1-3H3,(H,25,26,27);1H. The van der Waals surface area contributed by atoms with Gasteiger partial charge in [0.05, 0.1) is 11.3 Å². The molecule has 0 saturated carbocycles. The summed E-state index contributed by atoms with van der Waals surface area (Å²) in [5, 5.41) is 4.11. The fraction of sp³-hybridized carbons (Fsp3) is 0.348. The van der Waals surface area contributed by atoms with Gasteiger partial charge in [-0.15, -0.1) is 12.4 Å². The van der Waals surface area contributed by atoms with Gasteiger partial charge in [-0.25, -0.2) is 14.4 Å². The maximum Gasteiger partial charge on any atom is 0.257 e. The van der Waals surface area contributed by atoms with Crippen molar-refractivity contribution in [2.45, 2.75) is 33.6 Å². The molecule has 1 unspecified atom stereocenters. The van der Waals surface area contributed by atoms with Crippen LogP contribution in [0.4, 0.5) is 15.8 Å². The first-order valence-corrected chi connectivity index (χ1v) is 10.0. The summed E-state index contributed by atoms with van der Waals surface area (Å²) in [6.07, 6.45) is 3.76. The number of aryl methyl sites for hydroxylation is 2. The minimum Gasteiger partial charge on any atom is -0.354 e. The van der Waals surface area contributed by atoms with Crippen LogP contribution in [0.15, 0.2) is 36.5 Å². The van der Waals surface area contributed by atoms with Crippen LogP contribution in [0.25, 0.3) is 11.0 Å². The van der Waals surface area contributed by atoms with Crippen LogP contribution in [-0.4, -0.2) is 33.9 Å². The van der Waals surface area contributed by atoms with Gasteiger partial charge in [-0.2, -0.15) is 0 Å². The van der Waals surface area contributed by atoms with Gasteiger partial charge < -0.3 is 10.2 Å². The fourth-order valence-corrected chi connectivity index (χ4v) is 3.88. The van der Waals surface area contributed by atoms with E-state index in [9.17, 15) is 9.18 Å². The summed E-state index contributed by atoms with van der Waals surface area (Å²) in [6.45, 7) is 7.30. The Morgan fingerprint density at radius 1 is 1.23 bits per heavy atom. The number of pyridine rings is 2. The molecule has 158 valence electrons. The number of anilines is 2. The number of rotatable bonds is 3. The number of nitrogens with zero attached hydrogens (tertiary/aromatic N) is 3. The van der Waals surface area contributed by atoms with Gasteiger partial charge in [-0.1, -0.05) is 6.92 Å². The molecule has 4 rings (SSSR count). The second kappa shape index (κ2) is 8.96. The molecule has 0 bridgehead atoms. The Balaban J connectivity index is 0.00000256. The topological polar surface area (TPSA) is 58.1 Å². The lowest BCUT2D eigenvalue weighted by Crippen LogP contribution is -2.39.